The van der Waals surface area contributed by atoms with Gasteiger partial charge in [0.15, 0.2) is 0 Å². The number of amides is 1. The summed E-state index contributed by atoms with van der Waals surface area (Å²) in [5.74, 6) is 0.397. The van der Waals surface area contributed by atoms with Gasteiger partial charge in [-0.2, -0.15) is 0 Å². The minimum atomic E-state index is 0. The number of hydrogen-bond acceptors (Lipinski definition) is 1. The van der Waals surface area contributed by atoms with Crippen molar-refractivity contribution < 1.29 is 33.3 Å². The maximum Gasteiger partial charge on any atom is 0.222 e. The lowest BCUT2D eigenvalue weighted by atomic mass is 10.0. The van der Waals surface area contributed by atoms with Gasteiger partial charge in [-0.3, -0.25) is 4.79 Å². The predicted octanol–water partition coefficient (Wildman–Crippen LogP) is 2.00. The van der Waals surface area contributed by atoms with E-state index in [0.717, 1.165) is 43.5 Å². The van der Waals surface area contributed by atoms with Crippen LogP contribution in [0.3, 0.4) is 0 Å². The lowest BCUT2D eigenvalue weighted by Crippen LogP contribution is -3.00. The molecule has 1 amide bonds. The zero-order chi connectivity index (χ0) is 17.7. The van der Waals surface area contributed by atoms with Crippen LogP contribution in [0.25, 0.3) is 0 Å². The molecule has 0 aliphatic carbocycles. The Morgan fingerprint density at radius 1 is 0.800 bits per heavy atom. The topological polar surface area (TPSA) is 20.3 Å². The quantitative estimate of drug-likeness (QED) is 0.231. The van der Waals surface area contributed by atoms with Crippen LogP contribution in [0.2, 0.25) is 0 Å². The first-order chi connectivity index (χ1) is 11.6. The highest BCUT2D eigenvalue weighted by Gasteiger charge is 2.28. The van der Waals surface area contributed by atoms with E-state index in [1.807, 2.05) is 0 Å². The van der Waals surface area contributed by atoms with Crippen LogP contribution in [-0.4, -0.2) is 55.1 Å². The number of carbonyl (C=O) groups excluding carboxylic acids is 1. The third-order valence-electron chi connectivity index (χ3n) is 5.93. The molecule has 1 saturated heterocycles. The number of hydrogen-bond donors (Lipinski definition) is 0. The average Bonchev–Trinajstić information content (AvgIpc) is 2.60. The number of halogens is 1. The molecule has 25 heavy (non-hydrogen) atoms. The van der Waals surface area contributed by atoms with Gasteiger partial charge in [0.05, 0.1) is 39.8 Å². The molecule has 0 spiro atoms. The minimum absolute atomic E-state index is 0. The van der Waals surface area contributed by atoms with Crippen LogP contribution in [0, 0.1) is 0 Å². The van der Waals surface area contributed by atoms with Crippen LogP contribution in [0.5, 0.6) is 0 Å². The highest BCUT2D eigenvalue weighted by molar-refractivity contribution is 5.76. The standard InChI is InChI=1S/C21H43N2O.HI/c1-4-6-7-8-9-10-11-12-13-14-15-16-21(24)22-17-19-23(3,5-2)20-18-22;/h4-20H2,1-3H3;1H/q+1;/p-1. The van der Waals surface area contributed by atoms with Crippen molar-refractivity contribution in [2.24, 2.45) is 0 Å². The maximum absolute atomic E-state index is 12.3. The van der Waals surface area contributed by atoms with Crippen molar-refractivity contribution in [3.8, 4) is 0 Å². The summed E-state index contributed by atoms with van der Waals surface area (Å²) in [6, 6.07) is 0. The fraction of sp³-hybridized carbons (Fsp3) is 0.952. The first-order valence-electron chi connectivity index (χ1n) is 10.7. The number of rotatable bonds is 13. The summed E-state index contributed by atoms with van der Waals surface area (Å²) in [5.41, 5.74) is 0. The molecule has 0 atom stereocenters. The fourth-order valence-corrected chi connectivity index (χ4v) is 3.61. The summed E-state index contributed by atoms with van der Waals surface area (Å²) in [5, 5.41) is 0. The molecule has 150 valence electrons. The Morgan fingerprint density at radius 2 is 1.24 bits per heavy atom. The predicted molar refractivity (Wildman–Crippen MR) is 104 cm³/mol. The fourth-order valence-electron chi connectivity index (χ4n) is 3.61. The minimum Gasteiger partial charge on any atom is -1.00 e. The molecule has 0 bridgehead atoms. The zero-order valence-corrected chi connectivity index (χ0v) is 19.4. The Kier molecular flexibility index (Phi) is 15.3. The van der Waals surface area contributed by atoms with Crippen molar-refractivity contribution in [1.82, 2.24) is 4.90 Å². The smallest absolute Gasteiger partial charge is 0.222 e. The second kappa shape index (κ2) is 15.2. The molecular formula is C21H43IN2O. The Labute approximate surface area is 174 Å². The lowest BCUT2D eigenvalue weighted by molar-refractivity contribution is -0.911. The number of carbonyl (C=O) groups is 1. The van der Waals surface area contributed by atoms with Crippen LogP contribution in [0.4, 0.5) is 0 Å². The van der Waals surface area contributed by atoms with Crippen molar-refractivity contribution in [2.75, 3.05) is 39.8 Å². The molecule has 0 aromatic rings. The highest BCUT2D eigenvalue weighted by atomic mass is 127. The summed E-state index contributed by atoms with van der Waals surface area (Å²) in [6.07, 6.45) is 15.6. The number of likely N-dealkylation sites (N-methyl/N-ethyl adjacent to an activating group) is 1. The molecular weight excluding hydrogens is 423 g/mol. The van der Waals surface area contributed by atoms with E-state index in [0.29, 0.717) is 5.91 Å². The van der Waals surface area contributed by atoms with E-state index in [2.05, 4.69) is 25.8 Å². The van der Waals surface area contributed by atoms with Crippen molar-refractivity contribution >= 4 is 5.91 Å². The van der Waals surface area contributed by atoms with E-state index in [1.54, 1.807) is 0 Å². The Hall–Kier alpha value is 0.160. The van der Waals surface area contributed by atoms with Gasteiger partial charge in [0.2, 0.25) is 5.91 Å². The van der Waals surface area contributed by atoms with Crippen molar-refractivity contribution in [3.63, 3.8) is 0 Å². The second-order valence-electron chi connectivity index (χ2n) is 8.05. The van der Waals surface area contributed by atoms with Gasteiger partial charge < -0.3 is 33.4 Å². The molecule has 0 N–H and O–H groups in total. The van der Waals surface area contributed by atoms with Crippen molar-refractivity contribution in [2.45, 2.75) is 90.9 Å². The van der Waals surface area contributed by atoms with Gasteiger partial charge in [-0.05, 0) is 13.3 Å². The zero-order valence-electron chi connectivity index (χ0n) is 17.2. The van der Waals surface area contributed by atoms with Gasteiger partial charge in [0, 0.05) is 6.42 Å². The molecule has 0 unspecified atom stereocenters. The maximum atomic E-state index is 12.3. The molecule has 1 rings (SSSR count). The number of unbranched alkanes of at least 4 members (excludes halogenated alkanes) is 10. The van der Waals surface area contributed by atoms with E-state index in [-0.39, 0.29) is 24.0 Å². The van der Waals surface area contributed by atoms with Gasteiger partial charge in [0.25, 0.3) is 0 Å². The Balaban J connectivity index is 0.00000576. The Bertz CT molecular complexity index is 328. The van der Waals surface area contributed by atoms with Gasteiger partial charge in [-0.1, -0.05) is 71.1 Å². The van der Waals surface area contributed by atoms with E-state index >= 15 is 0 Å². The average molecular weight is 466 g/mol. The van der Waals surface area contributed by atoms with Gasteiger partial charge >= 0.3 is 0 Å². The Morgan fingerprint density at radius 3 is 1.68 bits per heavy atom. The second-order valence-corrected chi connectivity index (χ2v) is 8.05. The van der Waals surface area contributed by atoms with Crippen LogP contribution in [0.15, 0.2) is 0 Å². The van der Waals surface area contributed by atoms with Crippen LogP contribution in [-0.2, 0) is 4.79 Å². The summed E-state index contributed by atoms with van der Waals surface area (Å²) in [6.45, 7) is 9.88. The summed E-state index contributed by atoms with van der Waals surface area (Å²) < 4.78 is 1.13. The van der Waals surface area contributed by atoms with Crippen LogP contribution >= 0.6 is 0 Å². The largest absolute Gasteiger partial charge is 1.00 e. The SMILES string of the molecule is CCCCCCCCCCCCCC(=O)N1CC[N+](C)(CC)CC1.[I-]. The third kappa shape index (κ3) is 11.5. The molecule has 0 radical (unpaired) electrons. The molecule has 1 aliphatic heterocycles. The molecule has 1 aliphatic rings. The van der Waals surface area contributed by atoms with E-state index < -0.39 is 0 Å². The summed E-state index contributed by atoms with van der Waals surface area (Å²) in [7, 11) is 2.31. The van der Waals surface area contributed by atoms with Gasteiger partial charge in [-0.15, -0.1) is 0 Å². The van der Waals surface area contributed by atoms with E-state index in [1.165, 1.54) is 70.8 Å². The molecule has 0 aromatic carbocycles. The van der Waals surface area contributed by atoms with Crippen molar-refractivity contribution in [3.05, 3.63) is 0 Å². The normalized spacial score (nSPS) is 16.5. The third-order valence-corrected chi connectivity index (χ3v) is 5.93. The molecule has 0 aromatic heterocycles. The molecule has 0 saturated carbocycles. The summed E-state index contributed by atoms with van der Waals surface area (Å²) >= 11 is 0. The molecule has 3 nitrogen and oxygen atoms in total. The highest BCUT2D eigenvalue weighted by Crippen LogP contribution is 2.14. The first kappa shape index (κ1) is 25.2. The van der Waals surface area contributed by atoms with E-state index in [9.17, 15) is 4.79 Å². The number of quaternary nitrogens is 1. The van der Waals surface area contributed by atoms with E-state index in [4.69, 9.17) is 0 Å². The van der Waals surface area contributed by atoms with Gasteiger partial charge in [0.1, 0.15) is 0 Å². The summed E-state index contributed by atoms with van der Waals surface area (Å²) in [4.78, 5) is 14.4. The monoisotopic (exact) mass is 466 g/mol. The molecule has 4 heteroatoms. The lowest BCUT2D eigenvalue weighted by Gasteiger charge is -2.41. The van der Waals surface area contributed by atoms with Crippen molar-refractivity contribution in [1.29, 1.82) is 0 Å². The number of nitrogens with zero attached hydrogens (tertiary/aromatic N) is 2. The van der Waals surface area contributed by atoms with Gasteiger partial charge in [-0.25, -0.2) is 0 Å². The molecule has 1 heterocycles. The van der Waals surface area contributed by atoms with Crippen LogP contribution < -0.4 is 24.0 Å². The van der Waals surface area contributed by atoms with Crippen LogP contribution in [0.1, 0.15) is 90.9 Å². The first-order valence-corrected chi connectivity index (χ1v) is 10.7. The number of piperazine rings is 1. The molecule has 1 fully saturated rings.